The lowest BCUT2D eigenvalue weighted by molar-refractivity contribution is 0.0740. The van der Waals surface area contributed by atoms with Gasteiger partial charge in [0.15, 0.2) is 11.5 Å². The lowest BCUT2D eigenvalue weighted by atomic mass is 10.2. The molecule has 0 saturated carbocycles. The Hall–Kier alpha value is -4.25. The van der Waals surface area contributed by atoms with Crippen molar-refractivity contribution in [2.75, 3.05) is 39.7 Å². The third kappa shape index (κ3) is 4.59. The van der Waals surface area contributed by atoms with E-state index in [1.807, 2.05) is 24.3 Å². The van der Waals surface area contributed by atoms with Crippen LogP contribution in [0.2, 0.25) is 0 Å². The molecule has 11 heteroatoms. The molecular formula is C23H25N7O4. The molecule has 0 fully saturated rings. The highest BCUT2D eigenvalue weighted by Crippen LogP contribution is 2.22. The van der Waals surface area contributed by atoms with E-state index < -0.39 is 5.91 Å². The second-order valence-corrected chi connectivity index (χ2v) is 7.59. The Bertz CT molecular complexity index is 1340. The number of likely N-dealkylation sites (N-methyl/N-ethyl adjacent to an activating group) is 1. The van der Waals surface area contributed by atoms with Gasteiger partial charge in [-0.05, 0) is 18.2 Å². The standard InChI is InChI=1S/C23H25N7O4/c1-28(10-11-33-3)23(32)18-14-24-29(2)20(18)22(31)25-16-8-9-30-19(13-16)26-21(27-30)15-6-5-7-17(12-15)34-4/h5-9,12-14H,10-11H2,1-4H3,(H,25,31). The van der Waals surface area contributed by atoms with Gasteiger partial charge in [0.05, 0.1) is 25.5 Å². The Morgan fingerprint density at radius 1 is 1.18 bits per heavy atom. The number of nitrogens with one attached hydrogen (secondary N) is 1. The summed E-state index contributed by atoms with van der Waals surface area (Å²) in [6, 6.07) is 10.9. The molecule has 0 bridgehead atoms. The zero-order chi connectivity index (χ0) is 24.2. The van der Waals surface area contributed by atoms with E-state index >= 15 is 0 Å². The van der Waals surface area contributed by atoms with Gasteiger partial charge in [0, 0.05) is 51.3 Å². The minimum atomic E-state index is -0.458. The second kappa shape index (κ2) is 9.71. The number of pyridine rings is 1. The lowest BCUT2D eigenvalue weighted by Crippen LogP contribution is -2.31. The van der Waals surface area contributed by atoms with Crippen LogP contribution in [0.25, 0.3) is 17.0 Å². The molecule has 34 heavy (non-hydrogen) atoms. The first-order valence-electron chi connectivity index (χ1n) is 10.5. The van der Waals surface area contributed by atoms with Gasteiger partial charge in [0.25, 0.3) is 11.8 Å². The predicted molar refractivity (Wildman–Crippen MR) is 125 cm³/mol. The SMILES string of the molecule is COCCN(C)C(=O)c1cnn(C)c1C(=O)Nc1ccn2nc(-c3cccc(OC)c3)nc2c1. The number of hydrogen-bond acceptors (Lipinski definition) is 7. The molecule has 0 radical (unpaired) electrons. The van der Waals surface area contributed by atoms with Crippen molar-refractivity contribution < 1.29 is 19.1 Å². The number of aromatic nitrogens is 5. The van der Waals surface area contributed by atoms with Crippen molar-refractivity contribution in [2.45, 2.75) is 0 Å². The number of nitrogens with zero attached hydrogens (tertiary/aromatic N) is 6. The molecule has 11 nitrogen and oxygen atoms in total. The normalized spacial score (nSPS) is 10.9. The molecule has 0 aliphatic heterocycles. The van der Waals surface area contributed by atoms with Crippen molar-refractivity contribution in [3.05, 3.63) is 60.0 Å². The van der Waals surface area contributed by atoms with Gasteiger partial charge in [-0.15, -0.1) is 5.10 Å². The first-order valence-corrected chi connectivity index (χ1v) is 10.5. The highest BCUT2D eigenvalue weighted by Gasteiger charge is 2.24. The Balaban J connectivity index is 1.57. The fourth-order valence-electron chi connectivity index (χ4n) is 3.43. The van der Waals surface area contributed by atoms with E-state index in [-0.39, 0.29) is 17.2 Å². The molecule has 0 aliphatic rings. The summed E-state index contributed by atoms with van der Waals surface area (Å²) >= 11 is 0. The topological polar surface area (TPSA) is 116 Å². The molecule has 3 heterocycles. The van der Waals surface area contributed by atoms with Gasteiger partial charge < -0.3 is 19.7 Å². The number of hydrogen-bond donors (Lipinski definition) is 1. The molecule has 0 unspecified atom stereocenters. The summed E-state index contributed by atoms with van der Waals surface area (Å²) in [5.74, 6) is 0.464. The number of carbonyl (C=O) groups is 2. The summed E-state index contributed by atoms with van der Waals surface area (Å²) < 4.78 is 13.3. The van der Waals surface area contributed by atoms with E-state index in [1.165, 1.54) is 15.8 Å². The maximum absolute atomic E-state index is 13.1. The zero-order valence-electron chi connectivity index (χ0n) is 19.3. The average molecular weight is 463 g/mol. The van der Waals surface area contributed by atoms with Crippen LogP contribution in [0, 0.1) is 0 Å². The molecule has 0 saturated heterocycles. The van der Waals surface area contributed by atoms with Crippen molar-refractivity contribution >= 4 is 23.1 Å². The number of ether oxygens (including phenoxy) is 2. The number of carbonyl (C=O) groups excluding carboxylic acids is 2. The number of benzene rings is 1. The van der Waals surface area contributed by atoms with Crippen LogP contribution in [0.5, 0.6) is 5.75 Å². The van der Waals surface area contributed by atoms with Gasteiger partial charge in [0.1, 0.15) is 11.4 Å². The second-order valence-electron chi connectivity index (χ2n) is 7.59. The number of fused-ring (bicyclic) bond motifs is 1. The van der Waals surface area contributed by atoms with Crippen LogP contribution in [0.4, 0.5) is 5.69 Å². The molecule has 2 amide bonds. The number of amides is 2. The zero-order valence-corrected chi connectivity index (χ0v) is 19.3. The van der Waals surface area contributed by atoms with Crippen LogP contribution in [0.15, 0.2) is 48.8 Å². The number of methoxy groups -OCH3 is 2. The van der Waals surface area contributed by atoms with Crippen LogP contribution in [-0.2, 0) is 11.8 Å². The van der Waals surface area contributed by atoms with E-state index in [0.717, 1.165) is 5.56 Å². The molecular weight excluding hydrogens is 438 g/mol. The van der Waals surface area contributed by atoms with Gasteiger partial charge in [0.2, 0.25) is 0 Å². The smallest absolute Gasteiger partial charge is 0.274 e. The van der Waals surface area contributed by atoms with Crippen LogP contribution < -0.4 is 10.1 Å². The Morgan fingerprint density at radius 3 is 2.76 bits per heavy atom. The molecule has 176 valence electrons. The molecule has 0 atom stereocenters. The third-order valence-corrected chi connectivity index (χ3v) is 5.29. The summed E-state index contributed by atoms with van der Waals surface area (Å²) in [5.41, 5.74) is 2.24. The fraction of sp³-hybridized carbons (Fsp3) is 0.261. The molecule has 4 rings (SSSR count). The van der Waals surface area contributed by atoms with E-state index in [2.05, 4.69) is 20.5 Å². The van der Waals surface area contributed by atoms with Gasteiger partial charge in [-0.1, -0.05) is 12.1 Å². The minimum absolute atomic E-state index is 0.160. The molecule has 0 aliphatic carbocycles. The van der Waals surface area contributed by atoms with Crippen molar-refractivity contribution in [3.8, 4) is 17.1 Å². The van der Waals surface area contributed by atoms with Crippen LogP contribution in [0.1, 0.15) is 20.8 Å². The van der Waals surface area contributed by atoms with Crippen molar-refractivity contribution in [2.24, 2.45) is 7.05 Å². The highest BCUT2D eigenvalue weighted by molar-refractivity contribution is 6.11. The maximum atomic E-state index is 13.1. The summed E-state index contributed by atoms with van der Waals surface area (Å²) in [4.78, 5) is 31.9. The van der Waals surface area contributed by atoms with E-state index in [9.17, 15) is 9.59 Å². The first-order chi connectivity index (χ1) is 16.4. The molecule has 1 aromatic carbocycles. The number of aryl methyl sites for hydroxylation is 1. The number of rotatable bonds is 8. The summed E-state index contributed by atoms with van der Waals surface area (Å²) in [7, 11) is 6.43. The molecule has 0 spiro atoms. The summed E-state index contributed by atoms with van der Waals surface area (Å²) in [6.45, 7) is 0.782. The average Bonchev–Trinajstić information content (AvgIpc) is 3.45. The highest BCUT2D eigenvalue weighted by atomic mass is 16.5. The quantitative estimate of drug-likeness (QED) is 0.425. The van der Waals surface area contributed by atoms with E-state index in [0.29, 0.717) is 36.1 Å². The predicted octanol–water partition coefficient (Wildman–Crippen LogP) is 2.11. The Kier molecular flexibility index (Phi) is 6.55. The maximum Gasteiger partial charge on any atom is 0.274 e. The molecule has 4 aromatic rings. The van der Waals surface area contributed by atoms with Crippen LogP contribution in [-0.4, -0.2) is 75.5 Å². The first kappa shape index (κ1) is 22.9. The largest absolute Gasteiger partial charge is 0.497 e. The van der Waals surface area contributed by atoms with Gasteiger partial charge in [-0.3, -0.25) is 14.3 Å². The summed E-state index contributed by atoms with van der Waals surface area (Å²) in [5, 5.41) is 11.4. The van der Waals surface area contributed by atoms with Crippen molar-refractivity contribution in [3.63, 3.8) is 0 Å². The third-order valence-electron chi connectivity index (χ3n) is 5.29. The monoisotopic (exact) mass is 463 g/mol. The van der Waals surface area contributed by atoms with Crippen LogP contribution in [0.3, 0.4) is 0 Å². The van der Waals surface area contributed by atoms with E-state index in [4.69, 9.17) is 9.47 Å². The number of anilines is 1. The Morgan fingerprint density at radius 2 is 2.00 bits per heavy atom. The lowest BCUT2D eigenvalue weighted by Gasteiger charge is -2.16. The summed E-state index contributed by atoms with van der Waals surface area (Å²) in [6.07, 6.45) is 3.10. The van der Waals surface area contributed by atoms with Gasteiger partial charge in [-0.2, -0.15) is 5.10 Å². The van der Waals surface area contributed by atoms with Crippen molar-refractivity contribution in [1.82, 2.24) is 29.3 Å². The van der Waals surface area contributed by atoms with Crippen molar-refractivity contribution in [1.29, 1.82) is 0 Å². The van der Waals surface area contributed by atoms with Crippen LogP contribution >= 0.6 is 0 Å². The molecule has 3 aromatic heterocycles. The minimum Gasteiger partial charge on any atom is -0.497 e. The van der Waals surface area contributed by atoms with Gasteiger partial charge >= 0.3 is 0 Å². The molecule has 1 N–H and O–H groups in total. The fourth-order valence-corrected chi connectivity index (χ4v) is 3.43. The van der Waals surface area contributed by atoms with E-state index in [1.54, 1.807) is 51.2 Å². The van der Waals surface area contributed by atoms with Gasteiger partial charge in [-0.25, -0.2) is 9.50 Å². The Labute approximate surface area is 195 Å².